The molecule has 0 spiro atoms. The maximum Gasteiger partial charge on any atom is 0.223 e. The molecule has 31 heavy (non-hydrogen) atoms. The summed E-state index contributed by atoms with van der Waals surface area (Å²) in [6.07, 6.45) is 3.02. The Morgan fingerprint density at radius 1 is 1.26 bits per heavy atom. The number of carbonyl (C=O) groups excluding carboxylic acids is 1. The van der Waals surface area contributed by atoms with Crippen molar-refractivity contribution in [1.29, 1.82) is 0 Å². The molecular weight excluding hydrogens is 391 g/mol. The monoisotopic (exact) mass is 422 g/mol. The number of benzene rings is 1. The molecular formula is C25H31FN4O. The maximum absolute atomic E-state index is 14.8. The van der Waals surface area contributed by atoms with Crippen molar-refractivity contribution >= 4 is 22.6 Å². The summed E-state index contributed by atoms with van der Waals surface area (Å²) in [6.45, 7) is 10.9. The van der Waals surface area contributed by atoms with Gasteiger partial charge in [0.1, 0.15) is 11.6 Å². The summed E-state index contributed by atoms with van der Waals surface area (Å²) in [5, 5.41) is 3.77. The number of hydrogen-bond acceptors (Lipinski definition) is 4. The molecule has 1 unspecified atom stereocenters. The van der Waals surface area contributed by atoms with Crippen LogP contribution in [0, 0.1) is 24.1 Å². The third-order valence-electron chi connectivity index (χ3n) is 5.43. The number of rotatable bonds is 6. The van der Waals surface area contributed by atoms with Crippen LogP contribution >= 0.6 is 0 Å². The van der Waals surface area contributed by atoms with E-state index in [1.807, 2.05) is 32.0 Å². The molecule has 0 radical (unpaired) electrons. The Kier molecular flexibility index (Phi) is 6.58. The van der Waals surface area contributed by atoms with Gasteiger partial charge in [0.05, 0.1) is 11.2 Å². The van der Waals surface area contributed by atoms with Crippen LogP contribution in [0.2, 0.25) is 0 Å². The van der Waals surface area contributed by atoms with Gasteiger partial charge < -0.3 is 11.1 Å². The molecule has 3 rings (SSSR count). The fourth-order valence-corrected chi connectivity index (χ4v) is 3.53. The Morgan fingerprint density at radius 2 is 2.00 bits per heavy atom. The van der Waals surface area contributed by atoms with Crippen molar-refractivity contribution in [2.24, 2.45) is 11.3 Å². The highest BCUT2D eigenvalue weighted by atomic mass is 19.1. The van der Waals surface area contributed by atoms with Crippen LogP contribution in [0.5, 0.6) is 0 Å². The van der Waals surface area contributed by atoms with E-state index in [1.165, 1.54) is 6.07 Å². The van der Waals surface area contributed by atoms with Crippen LogP contribution in [-0.4, -0.2) is 22.4 Å². The summed E-state index contributed by atoms with van der Waals surface area (Å²) in [4.78, 5) is 21.2. The molecule has 2 aromatic heterocycles. The van der Waals surface area contributed by atoms with Gasteiger partial charge in [0.25, 0.3) is 0 Å². The molecule has 2 heterocycles. The number of aromatic nitrogens is 2. The van der Waals surface area contributed by atoms with Gasteiger partial charge in [-0.3, -0.25) is 9.78 Å². The lowest BCUT2D eigenvalue weighted by Gasteiger charge is -2.19. The van der Waals surface area contributed by atoms with E-state index in [1.54, 1.807) is 12.3 Å². The predicted octanol–water partition coefficient (Wildman–Crippen LogP) is 5.06. The van der Waals surface area contributed by atoms with Crippen molar-refractivity contribution in [3.8, 4) is 11.3 Å². The number of halogens is 1. The molecule has 164 valence electrons. The molecule has 0 aliphatic heterocycles. The van der Waals surface area contributed by atoms with Crippen molar-refractivity contribution in [2.45, 2.75) is 47.5 Å². The largest absolute Gasteiger partial charge is 0.383 e. The fraction of sp³-hybridized carbons (Fsp3) is 0.400. The summed E-state index contributed by atoms with van der Waals surface area (Å²) >= 11 is 0. The number of nitrogens with zero attached hydrogens (tertiary/aromatic N) is 2. The zero-order valence-corrected chi connectivity index (χ0v) is 18.9. The number of amides is 1. The van der Waals surface area contributed by atoms with E-state index in [-0.39, 0.29) is 23.1 Å². The quantitative estimate of drug-likeness (QED) is 0.582. The lowest BCUT2D eigenvalue weighted by molar-refractivity contribution is -0.124. The second kappa shape index (κ2) is 9.00. The number of carbonyl (C=O) groups is 1. The van der Waals surface area contributed by atoms with Gasteiger partial charge in [-0.25, -0.2) is 9.37 Å². The number of nitrogens with one attached hydrogen (secondary N) is 1. The first-order chi connectivity index (χ1) is 14.5. The molecule has 3 aromatic rings. The van der Waals surface area contributed by atoms with Gasteiger partial charge in [-0.15, -0.1) is 0 Å². The summed E-state index contributed by atoms with van der Waals surface area (Å²) in [5.41, 5.74) is 9.49. The van der Waals surface area contributed by atoms with Crippen molar-refractivity contribution < 1.29 is 9.18 Å². The minimum absolute atomic E-state index is 0.00680. The van der Waals surface area contributed by atoms with E-state index >= 15 is 0 Å². The van der Waals surface area contributed by atoms with E-state index in [4.69, 9.17) is 5.73 Å². The van der Waals surface area contributed by atoms with Gasteiger partial charge in [0.15, 0.2) is 0 Å². The Labute approximate surface area is 183 Å². The van der Waals surface area contributed by atoms with E-state index in [2.05, 4.69) is 36.1 Å². The lowest BCUT2D eigenvalue weighted by Crippen LogP contribution is -2.32. The summed E-state index contributed by atoms with van der Waals surface area (Å²) in [5.74, 6) is -0.323. The predicted molar refractivity (Wildman–Crippen MR) is 124 cm³/mol. The molecule has 5 nitrogen and oxygen atoms in total. The highest BCUT2D eigenvalue weighted by Gasteiger charge is 2.18. The third kappa shape index (κ3) is 5.57. The van der Waals surface area contributed by atoms with Crippen LogP contribution in [0.25, 0.3) is 22.2 Å². The Morgan fingerprint density at radius 3 is 2.68 bits per heavy atom. The van der Waals surface area contributed by atoms with Gasteiger partial charge >= 0.3 is 0 Å². The maximum atomic E-state index is 14.8. The first-order valence-corrected chi connectivity index (χ1v) is 10.6. The molecule has 0 bridgehead atoms. The molecule has 6 heteroatoms. The van der Waals surface area contributed by atoms with Crippen LogP contribution in [0.1, 0.15) is 45.2 Å². The molecule has 0 fully saturated rings. The van der Waals surface area contributed by atoms with Crippen molar-refractivity contribution in [3.63, 3.8) is 0 Å². The van der Waals surface area contributed by atoms with Gasteiger partial charge in [0.2, 0.25) is 5.91 Å². The number of pyridine rings is 2. The average Bonchev–Trinajstić information content (AvgIpc) is 2.68. The van der Waals surface area contributed by atoms with E-state index in [9.17, 15) is 9.18 Å². The van der Waals surface area contributed by atoms with Gasteiger partial charge in [-0.1, -0.05) is 33.8 Å². The molecule has 0 aliphatic rings. The zero-order valence-electron chi connectivity index (χ0n) is 18.9. The average molecular weight is 423 g/mol. The summed E-state index contributed by atoms with van der Waals surface area (Å²) in [7, 11) is 0. The SMILES string of the molecule is Cc1cccnc1-c1cc2cc(CC(C)C(=O)NCCC(C)(C)C)c(N)nc2cc1F. The molecule has 1 atom stereocenters. The third-order valence-corrected chi connectivity index (χ3v) is 5.43. The number of anilines is 1. The van der Waals surface area contributed by atoms with Crippen molar-refractivity contribution in [2.75, 3.05) is 12.3 Å². The molecule has 1 aromatic carbocycles. The molecule has 0 saturated carbocycles. The lowest BCUT2D eigenvalue weighted by atomic mass is 9.92. The molecule has 1 amide bonds. The number of fused-ring (bicyclic) bond motifs is 1. The second-order valence-corrected chi connectivity index (χ2v) is 9.43. The number of nitrogen functional groups attached to an aromatic ring is 1. The van der Waals surface area contributed by atoms with Crippen LogP contribution in [0.15, 0.2) is 36.5 Å². The van der Waals surface area contributed by atoms with Gasteiger partial charge in [-0.2, -0.15) is 0 Å². The van der Waals surface area contributed by atoms with Crippen molar-refractivity contribution in [1.82, 2.24) is 15.3 Å². The molecule has 0 saturated heterocycles. The van der Waals surface area contributed by atoms with Gasteiger partial charge in [-0.05, 0) is 54.5 Å². The van der Waals surface area contributed by atoms with Crippen LogP contribution in [-0.2, 0) is 11.2 Å². The zero-order chi connectivity index (χ0) is 22.8. The first-order valence-electron chi connectivity index (χ1n) is 10.6. The van der Waals surface area contributed by atoms with Gasteiger partial charge in [0, 0.05) is 35.7 Å². The number of hydrogen-bond donors (Lipinski definition) is 2. The summed E-state index contributed by atoms with van der Waals surface area (Å²) in [6, 6.07) is 8.77. The fourth-order valence-electron chi connectivity index (χ4n) is 3.53. The van der Waals surface area contributed by atoms with E-state index in [0.29, 0.717) is 35.6 Å². The first kappa shape index (κ1) is 22.7. The minimum Gasteiger partial charge on any atom is -0.383 e. The Hall–Kier alpha value is -3.02. The van der Waals surface area contributed by atoms with Crippen LogP contribution in [0.4, 0.5) is 10.2 Å². The standard InChI is InChI=1S/C25H31FN4O/c1-15-7-6-9-28-22(15)19-13-17-12-18(23(27)30-21(17)14-20(19)26)11-16(2)24(31)29-10-8-25(3,4)5/h6-7,9,12-14,16H,8,10-11H2,1-5H3,(H2,27,30)(H,29,31). The van der Waals surface area contributed by atoms with Crippen LogP contribution in [0.3, 0.4) is 0 Å². The highest BCUT2D eigenvalue weighted by molar-refractivity contribution is 5.87. The smallest absolute Gasteiger partial charge is 0.223 e. The van der Waals surface area contributed by atoms with Crippen molar-refractivity contribution in [3.05, 3.63) is 53.5 Å². The van der Waals surface area contributed by atoms with E-state index in [0.717, 1.165) is 22.9 Å². The Bertz CT molecular complexity index is 1100. The number of nitrogens with two attached hydrogens (primary N) is 1. The summed E-state index contributed by atoms with van der Waals surface area (Å²) < 4.78 is 14.8. The molecule has 3 N–H and O–H groups in total. The van der Waals surface area contributed by atoms with Crippen LogP contribution < -0.4 is 11.1 Å². The highest BCUT2D eigenvalue weighted by Crippen LogP contribution is 2.30. The minimum atomic E-state index is -0.388. The van der Waals surface area contributed by atoms with E-state index < -0.39 is 0 Å². The number of aryl methyl sites for hydroxylation is 1. The normalized spacial score (nSPS) is 12.7. The Balaban J connectivity index is 1.85. The molecule has 0 aliphatic carbocycles. The second-order valence-electron chi connectivity index (χ2n) is 9.43. The topological polar surface area (TPSA) is 80.9 Å².